The van der Waals surface area contributed by atoms with Gasteiger partial charge in [-0.05, 0) is 36.6 Å². The van der Waals surface area contributed by atoms with E-state index >= 15 is 0 Å². The highest BCUT2D eigenvalue weighted by Crippen LogP contribution is 2.62. The molecule has 2 spiro atoms. The summed E-state index contributed by atoms with van der Waals surface area (Å²) < 4.78 is 18.9. The molecule has 5 aliphatic rings. The topological polar surface area (TPSA) is 39.7 Å². The van der Waals surface area contributed by atoms with Gasteiger partial charge in [0.2, 0.25) is 5.79 Å². The molecular formula is C19H19NO3. The van der Waals surface area contributed by atoms with E-state index in [0.717, 1.165) is 38.3 Å². The van der Waals surface area contributed by atoms with Gasteiger partial charge in [0.25, 0.3) is 0 Å². The summed E-state index contributed by atoms with van der Waals surface area (Å²) in [6.07, 6.45) is 8.57. The molecule has 4 heteroatoms. The molecule has 1 aromatic rings. The van der Waals surface area contributed by atoms with Crippen molar-refractivity contribution in [3.8, 4) is 5.75 Å². The second-order valence-electron chi connectivity index (χ2n) is 7.14. The Kier molecular flexibility index (Phi) is 2.19. The fraction of sp³-hybridized carbons (Fsp3) is 0.474. The number of piperidine rings is 1. The van der Waals surface area contributed by atoms with Crippen molar-refractivity contribution in [1.82, 2.24) is 5.32 Å². The predicted molar refractivity (Wildman–Crippen MR) is 85.0 cm³/mol. The minimum Gasteiger partial charge on any atom is -0.483 e. The number of hydrogen-bond acceptors (Lipinski definition) is 4. The van der Waals surface area contributed by atoms with E-state index in [4.69, 9.17) is 14.2 Å². The summed E-state index contributed by atoms with van der Waals surface area (Å²) in [7, 11) is 0. The number of benzene rings is 1. The molecule has 2 fully saturated rings. The monoisotopic (exact) mass is 309 g/mol. The molecular weight excluding hydrogens is 290 g/mol. The fourth-order valence-electron chi connectivity index (χ4n) is 5.31. The van der Waals surface area contributed by atoms with Gasteiger partial charge in [0, 0.05) is 23.7 Å². The van der Waals surface area contributed by atoms with Crippen molar-refractivity contribution in [2.75, 3.05) is 19.8 Å². The molecule has 4 nitrogen and oxygen atoms in total. The highest BCUT2D eigenvalue weighted by Gasteiger charge is 2.67. The number of allylic oxidation sites excluding steroid dienone is 1. The lowest BCUT2D eigenvalue weighted by atomic mass is 9.55. The Morgan fingerprint density at radius 1 is 1.17 bits per heavy atom. The number of ether oxygens (including phenoxy) is 3. The maximum atomic E-state index is 6.51. The zero-order chi connectivity index (χ0) is 15.1. The van der Waals surface area contributed by atoms with Crippen LogP contribution in [0.25, 0.3) is 6.08 Å². The Balaban J connectivity index is 1.65. The van der Waals surface area contributed by atoms with E-state index in [9.17, 15) is 0 Å². The molecule has 118 valence electrons. The Bertz CT molecular complexity index is 762. The molecule has 0 amide bonds. The fourth-order valence-corrected chi connectivity index (χ4v) is 5.31. The van der Waals surface area contributed by atoms with Gasteiger partial charge in [-0.1, -0.05) is 18.2 Å². The first-order chi connectivity index (χ1) is 11.3. The standard InChI is InChI=1S/C19H19NO3/c1-3-12-11-14-13-5-6-19(21-9-2-10-22-19)17-18(13,7-8-20-14)16(12)15(4-1)23-17/h1,3-6,11,13,17,20H,2,7-10H2. The molecule has 2 aliphatic carbocycles. The summed E-state index contributed by atoms with van der Waals surface area (Å²) in [6, 6.07) is 6.38. The highest BCUT2D eigenvalue weighted by molar-refractivity contribution is 5.71. The van der Waals surface area contributed by atoms with Crippen molar-refractivity contribution in [2.24, 2.45) is 5.92 Å². The van der Waals surface area contributed by atoms with E-state index in [1.54, 1.807) is 0 Å². The highest BCUT2D eigenvalue weighted by atomic mass is 16.7. The summed E-state index contributed by atoms with van der Waals surface area (Å²) in [5.74, 6) is 0.609. The molecule has 3 unspecified atom stereocenters. The maximum absolute atomic E-state index is 6.51. The number of hydrogen-bond donors (Lipinski definition) is 1. The zero-order valence-electron chi connectivity index (χ0n) is 12.9. The smallest absolute Gasteiger partial charge is 0.227 e. The SMILES string of the molecule is C1=CC2(OCCCO2)C2Oc3cccc4c3C23CCNC(=C4)C13. The van der Waals surface area contributed by atoms with Crippen molar-refractivity contribution in [2.45, 2.75) is 30.1 Å². The van der Waals surface area contributed by atoms with Gasteiger partial charge >= 0.3 is 0 Å². The third kappa shape index (κ3) is 1.32. The van der Waals surface area contributed by atoms with Crippen LogP contribution < -0.4 is 10.1 Å². The lowest BCUT2D eigenvalue weighted by Crippen LogP contribution is -2.65. The molecule has 3 heterocycles. The number of nitrogens with one attached hydrogen (secondary N) is 1. The van der Waals surface area contributed by atoms with Gasteiger partial charge in [-0.25, -0.2) is 0 Å². The van der Waals surface area contributed by atoms with Crippen molar-refractivity contribution in [1.29, 1.82) is 0 Å². The summed E-state index contributed by atoms with van der Waals surface area (Å²) in [5.41, 5.74) is 3.89. The third-order valence-corrected chi connectivity index (χ3v) is 6.14. The quantitative estimate of drug-likeness (QED) is 0.747. The van der Waals surface area contributed by atoms with Crippen LogP contribution >= 0.6 is 0 Å². The van der Waals surface area contributed by atoms with Gasteiger partial charge in [-0.15, -0.1) is 0 Å². The summed E-state index contributed by atoms with van der Waals surface area (Å²) in [5, 5.41) is 3.59. The van der Waals surface area contributed by atoms with Crippen molar-refractivity contribution in [3.63, 3.8) is 0 Å². The first kappa shape index (κ1) is 12.6. The van der Waals surface area contributed by atoms with Crippen LogP contribution in [0.2, 0.25) is 0 Å². The minimum atomic E-state index is -0.731. The second-order valence-corrected chi connectivity index (χ2v) is 7.14. The van der Waals surface area contributed by atoms with Crippen LogP contribution in [0.5, 0.6) is 5.75 Å². The minimum absolute atomic E-state index is 0.0622. The molecule has 2 saturated heterocycles. The Labute approximate surface area is 135 Å². The van der Waals surface area contributed by atoms with Gasteiger partial charge in [-0.3, -0.25) is 0 Å². The van der Waals surface area contributed by atoms with E-state index in [1.807, 2.05) is 0 Å². The number of fused-ring (bicyclic) bond motifs is 1. The van der Waals surface area contributed by atoms with Gasteiger partial charge < -0.3 is 19.5 Å². The Hall–Kier alpha value is -1.78. The zero-order valence-corrected chi connectivity index (χ0v) is 12.9. The second kappa shape index (κ2) is 4.00. The Morgan fingerprint density at radius 2 is 2.09 bits per heavy atom. The normalized spacial score (nSPS) is 37.7. The van der Waals surface area contributed by atoms with Crippen LogP contribution in [0.4, 0.5) is 0 Å². The molecule has 0 saturated carbocycles. The van der Waals surface area contributed by atoms with Crippen molar-refractivity contribution in [3.05, 3.63) is 47.2 Å². The molecule has 0 aromatic heterocycles. The summed E-state index contributed by atoms with van der Waals surface area (Å²) in [6.45, 7) is 2.43. The van der Waals surface area contributed by atoms with Crippen LogP contribution in [0.3, 0.4) is 0 Å². The van der Waals surface area contributed by atoms with E-state index in [2.05, 4.69) is 41.7 Å². The van der Waals surface area contributed by atoms with E-state index in [0.29, 0.717) is 5.92 Å². The van der Waals surface area contributed by atoms with Crippen LogP contribution in [0, 0.1) is 5.92 Å². The molecule has 0 radical (unpaired) electrons. The first-order valence-electron chi connectivity index (χ1n) is 8.56. The van der Waals surface area contributed by atoms with Crippen LogP contribution in [-0.4, -0.2) is 31.6 Å². The average molecular weight is 309 g/mol. The van der Waals surface area contributed by atoms with E-state index < -0.39 is 5.79 Å². The molecule has 1 aromatic carbocycles. The maximum Gasteiger partial charge on any atom is 0.227 e. The average Bonchev–Trinajstić information content (AvgIpc) is 2.92. The largest absolute Gasteiger partial charge is 0.483 e. The van der Waals surface area contributed by atoms with E-state index in [1.165, 1.54) is 16.8 Å². The van der Waals surface area contributed by atoms with Crippen LogP contribution in [0.1, 0.15) is 24.0 Å². The van der Waals surface area contributed by atoms with Crippen LogP contribution in [0.15, 0.2) is 36.0 Å². The third-order valence-electron chi connectivity index (χ3n) is 6.14. The molecule has 6 rings (SSSR count). The van der Waals surface area contributed by atoms with Crippen molar-refractivity contribution >= 4 is 6.08 Å². The van der Waals surface area contributed by atoms with Gasteiger partial charge in [-0.2, -0.15) is 0 Å². The molecule has 3 aliphatic heterocycles. The lowest BCUT2D eigenvalue weighted by Gasteiger charge is -2.55. The van der Waals surface area contributed by atoms with E-state index in [-0.39, 0.29) is 11.5 Å². The van der Waals surface area contributed by atoms with Gasteiger partial charge in [0.05, 0.1) is 18.6 Å². The number of rotatable bonds is 0. The van der Waals surface area contributed by atoms with Gasteiger partial charge in [0.1, 0.15) is 5.75 Å². The molecule has 2 bridgehead atoms. The Morgan fingerprint density at radius 3 is 3.00 bits per heavy atom. The molecule has 1 N–H and O–H groups in total. The lowest BCUT2D eigenvalue weighted by molar-refractivity contribution is -0.287. The summed E-state index contributed by atoms with van der Waals surface area (Å²) >= 11 is 0. The predicted octanol–water partition coefficient (Wildman–Crippen LogP) is 2.35. The first-order valence-corrected chi connectivity index (χ1v) is 8.56. The van der Waals surface area contributed by atoms with Crippen molar-refractivity contribution < 1.29 is 14.2 Å². The molecule has 3 atom stereocenters. The summed E-state index contributed by atoms with van der Waals surface area (Å²) in [4.78, 5) is 0. The van der Waals surface area contributed by atoms with Crippen LogP contribution in [-0.2, 0) is 14.9 Å². The van der Waals surface area contributed by atoms with Gasteiger partial charge in [0.15, 0.2) is 6.10 Å². The molecule has 23 heavy (non-hydrogen) atoms.